The fourth-order valence-electron chi connectivity index (χ4n) is 1.39. The molecule has 0 bridgehead atoms. The van der Waals surface area contributed by atoms with Gasteiger partial charge in [0.2, 0.25) is 0 Å². The summed E-state index contributed by atoms with van der Waals surface area (Å²) in [5.74, 6) is 0.0679. The van der Waals surface area contributed by atoms with Crippen molar-refractivity contribution in [3.8, 4) is 0 Å². The predicted octanol–water partition coefficient (Wildman–Crippen LogP) is 2.53. The number of hydrogen-bond acceptors (Lipinski definition) is 2. The lowest BCUT2D eigenvalue weighted by Crippen LogP contribution is -2.17. The molecule has 0 spiro atoms. The summed E-state index contributed by atoms with van der Waals surface area (Å²) in [6, 6.07) is 8.08. The van der Waals surface area contributed by atoms with Crippen molar-refractivity contribution in [3.05, 3.63) is 41.1 Å². The van der Waals surface area contributed by atoms with Crippen molar-refractivity contribution < 1.29 is 4.79 Å². The van der Waals surface area contributed by atoms with Crippen LogP contribution < -0.4 is 5.32 Å². The number of hydrogen-bond donors (Lipinski definition) is 1. The van der Waals surface area contributed by atoms with E-state index in [9.17, 15) is 4.79 Å². The first kappa shape index (κ1) is 11.5. The molecule has 0 aromatic heterocycles. The second kappa shape index (κ2) is 5.35. The molecule has 0 aliphatic rings. The zero-order chi connectivity index (χ0) is 11.3. The van der Waals surface area contributed by atoms with Gasteiger partial charge in [0.05, 0.1) is 5.70 Å². The Morgan fingerprint density at radius 1 is 1.47 bits per heavy atom. The molecule has 0 saturated carbocycles. The molecule has 0 atom stereocenters. The average molecular weight is 203 g/mol. The van der Waals surface area contributed by atoms with Gasteiger partial charge in [0.1, 0.15) is 0 Å². The highest BCUT2D eigenvalue weighted by Crippen LogP contribution is 2.08. The highest BCUT2D eigenvalue weighted by molar-refractivity contribution is 5.97. The Morgan fingerprint density at radius 3 is 2.73 bits per heavy atom. The molecule has 80 valence electrons. The van der Waals surface area contributed by atoms with Crippen LogP contribution >= 0.6 is 0 Å². The molecule has 1 rings (SSSR count). The molecular weight excluding hydrogens is 186 g/mol. The first-order chi connectivity index (χ1) is 7.13. The van der Waals surface area contributed by atoms with Gasteiger partial charge in [0.25, 0.3) is 0 Å². The van der Waals surface area contributed by atoms with Gasteiger partial charge in [-0.3, -0.25) is 4.79 Å². The van der Waals surface area contributed by atoms with Crippen molar-refractivity contribution in [2.45, 2.75) is 20.8 Å². The summed E-state index contributed by atoms with van der Waals surface area (Å²) >= 11 is 0. The van der Waals surface area contributed by atoms with Crippen LogP contribution in [0.1, 0.15) is 25.0 Å². The zero-order valence-corrected chi connectivity index (χ0v) is 9.50. The van der Waals surface area contributed by atoms with E-state index < -0.39 is 0 Å². The lowest BCUT2D eigenvalue weighted by atomic mass is 10.1. The predicted molar refractivity (Wildman–Crippen MR) is 63.5 cm³/mol. The monoisotopic (exact) mass is 203 g/mol. The van der Waals surface area contributed by atoms with Crippen molar-refractivity contribution in [3.63, 3.8) is 0 Å². The Morgan fingerprint density at radius 2 is 2.20 bits per heavy atom. The van der Waals surface area contributed by atoms with E-state index in [1.54, 1.807) is 6.92 Å². The van der Waals surface area contributed by atoms with Crippen molar-refractivity contribution in [1.82, 2.24) is 5.32 Å². The molecule has 0 fully saturated rings. The van der Waals surface area contributed by atoms with Crippen LogP contribution in [0.4, 0.5) is 0 Å². The SMILES string of the molecule is CCN/C(=C\c1cccc(C)c1)C(C)=O. The van der Waals surface area contributed by atoms with E-state index in [2.05, 4.69) is 11.4 Å². The number of rotatable bonds is 4. The van der Waals surface area contributed by atoms with Crippen LogP contribution in [-0.2, 0) is 4.79 Å². The van der Waals surface area contributed by atoms with Gasteiger partial charge in [-0.25, -0.2) is 0 Å². The third-order valence-corrected chi connectivity index (χ3v) is 2.10. The number of benzene rings is 1. The van der Waals surface area contributed by atoms with E-state index in [0.29, 0.717) is 5.70 Å². The highest BCUT2D eigenvalue weighted by Gasteiger charge is 2.01. The number of ketones is 1. The largest absolute Gasteiger partial charge is 0.382 e. The van der Waals surface area contributed by atoms with Gasteiger partial charge in [-0.2, -0.15) is 0 Å². The molecular formula is C13H17NO. The van der Waals surface area contributed by atoms with Crippen LogP contribution in [0, 0.1) is 6.92 Å². The van der Waals surface area contributed by atoms with Crippen LogP contribution in [0.5, 0.6) is 0 Å². The standard InChI is InChI=1S/C13H17NO/c1-4-14-13(11(3)15)9-12-7-5-6-10(2)8-12/h5-9,14H,4H2,1-3H3/b13-9-. The molecule has 1 aromatic carbocycles. The molecule has 0 heterocycles. The summed E-state index contributed by atoms with van der Waals surface area (Å²) < 4.78 is 0. The summed E-state index contributed by atoms with van der Waals surface area (Å²) in [4.78, 5) is 11.3. The van der Waals surface area contributed by atoms with Gasteiger partial charge >= 0.3 is 0 Å². The van der Waals surface area contributed by atoms with E-state index in [1.165, 1.54) is 5.56 Å². The van der Waals surface area contributed by atoms with Crippen LogP contribution in [0.25, 0.3) is 6.08 Å². The third kappa shape index (κ3) is 3.58. The number of aryl methyl sites for hydroxylation is 1. The number of likely N-dealkylation sites (N-methyl/N-ethyl adjacent to an activating group) is 1. The molecule has 1 aromatic rings. The number of allylic oxidation sites excluding steroid dienone is 1. The molecule has 1 N–H and O–H groups in total. The molecule has 0 aliphatic carbocycles. The van der Waals surface area contributed by atoms with Gasteiger partial charge in [0.15, 0.2) is 5.78 Å². The van der Waals surface area contributed by atoms with Crippen molar-refractivity contribution in [2.24, 2.45) is 0 Å². The minimum atomic E-state index is 0.0679. The van der Waals surface area contributed by atoms with Crippen LogP contribution in [0.3, 0.4) is 0 Å². The number of nitrogens with one attached hydrogen (secondary N) is 1. The van der Waals surface area contributed by atoms with E-state index in [4.69, 9.17) is 0 Å². The summed E-state index contributed by atoms with van der Waals surface area (Å²) in [5, 5.41) is 3.06. The van der Waals surface area contributed by atoms with Crippen LogP contribution in [0.2, 0.25) is 0 Å². The molecule has 0 radical (unpaired) electrons. The molecule has 2 heteroatoms. The molecule has 2 nitrogen and oxygen atoms in total. The summed E-state index contributed by atoms with van der Waals surface area (Å²) in [5.41, 5.74) is 2.92. The summed E-state index contributed by atoms with van der Waals surface area (Å²) in [6.07, 6.45) is 1.89. The van der Waals surface area contributed by atoms with Crippen LogP contribution in [-0.4, -0.2) is 12.3 Å². The maximum absolute atomic E-state index is 11.3. The molecule has 0 aliphatic heterocycles. The topological polar surface area (TPSA) is 29.1 Å². The van der Waals surface area contributed by atoms with E-state index in [0.717, 1.165) is 12.1 Å². The van der Waals surface area contributed by atoms with E-state index in [1.807, 2.05) is 38.1 Å². The maximum Gasteiger partial charge on any atom is 0.175 e. The van der Waals surface area contributed by atoms with Gasteiger partial charge < -0.3 is 5.32 Å². The van der Waals surface area contributed by atoms with Gasteiger partial charge in [-0.05, 0) is 25.5 Å². The van der Waals surface area contributed by atoms with Crippen molar-refractivity contribution in [1.29, 1.82) is 0 Å². The number of Topliss-reactive ketones (excluding diaryl/α,β-unsaturated/α-hetero) is 1. The summed E-state index contributed by atoms with van der Waals surface area (Å²) in [7, 11) is 0. The van der Waals surface area contributed by atoms with E-state index >= 15 is 0 Å². The Labute approximate surface area is 91.0 Å². The minimum absolute atomic E-state index is 0.0679. The Bertz CT molecular complexity index is 380. The maximum atomic E-state index is 11.3. The fraction of sp³-hybridized carbons (Fsp3) is 0.308. The second-order valence-electron chi connectivity index (χ2n) is 3.56. The first-order valence-electron chi connectivity index (χ1n) is 5.16. The molecule has 0 unspecified atom stereocenters. The first-order valence-corrected chi connectivity index (χ1v) is 5.16. The number of carbonyl (C=O) groups is 1. The van der Waals surface area contributed by atoms with E-state index in [-0.39, 0.29) is 5.78 Å². The van der Waals surface area contributed by atoms with Gasteiger partial charge in [0, 0.05) is 13.5 Å². The van der Waals surface area contributed by atoms with Crippen molar-refractivity contribution in [2.75, 3.05) is 6.54 Å². The second-order valence-corrected chi connectivity index (χ2v) is 3.56. The molecule has 0 saturated heterocycles. The lowest BCUT2D eigenvalue weighted by Gasteiger charge is -2.05. The quantitative estimate of drug-likeness (QED) is 0.762. The zero-order valence-electron chi connectivity index (χ0n) is 9.50. The van der Waals surface area contributed by atoms with Crippen LogP contribution in [0.15, 0.2) is 30.0 Å². The Balaban J connectivity index is 2.96. The smallest absolute Gasteiger partial charge is 0.175 e. The Hall–Kier alpha value is -1.57. The Kier molecular flexibility index (Phi) is 4.10. The van der Waals surface area contributed by atoms with Crippen molar-refractivity contribution >= 4 is 11.9 Å². The lowest BCUT2D eigenvalue weighted by molar-refractivity contribution is -0.113. The number of carbonyl (C=O) groups excluding carboxylic acids is 1. The minimum Gasteiger partial charge on any atom is -0.382 e. The summed E-state index contributed by atoms with van der Waals surface area (Å²) in [6.45, 7) is 6.35. The fourth-order valence-corrected chi connectivity index (χ4v) is 1.39. The molecule has 0 amide bonds. The van der Waals surface area contributed by atoms with Gasteiger partial charge in [-0.1, -0.05) is 29.8 Å². The average Bonchev–Trinajstić information content (AvgIpc) is 2.17. The highest BCUT2D eigenvalue weighted by atomic mass is 16.1. The molecule has 15 heavy (non-hydrogen) atoms. The third-order valence-electron chi connectivity index (χ3n) is 2.10. The normalized spacial score (nSPS) is 11.3. The van der Waals surface area contributed by atoms with Gasteiger partial charge in [-0.15, -0.1) is 0 Å².